The van der Waals surface area contributed by atoms with Crippen LogP contribution < -0.4 is 0 Å². The van der Waals surface area contributed by atoms with Crippen LogP contribution in [-0.2, 0) is 0 Å². The van der Waals surface area contributed by atoms with Gasteiger partial charge in [0.05, 0.1) is 5.57 Å². The van der Waals surface area contributed by atoms with E-state index in [0.29, 0.717) is 5.57 Å². The van der Waals surface area contributed by atoms with E-state index in [0.717, 1.165) is 12.8 Å². The zero-order chi connectivity index (χ0) is 8.10. The smallest absolute Gasteiger partial charge is 0.100 e. The van der Waals surface area contributed by atoms with Gasteiger partial charge in [0.2, 0.25) is 0 Å². The quantitative estimate of drug-likeness (QED) is 0.558. The number of nitriles is 1. The Labute approximate surface area is 66.6 Å². The van der Waals surface area contributed by atoms with Crippen LogP contribution in [-0.4, -0.2) is 6.21 Å². The third-order valence-electron chi connectivity index (χ3n) is 1.64. The minimum absolute atomic E-state index is 0.657. The summed E-state index contributed by atoms with van der Waals surface area (Å²) in [5.74, 6) is 0. The molecule has 0 radical (unpaired) electrons. The van der Waals surface area contributed by atoms with Crippen molar-refractivity contribution in [2.45, 2.75) is 19.8 Å². The van der Waals surface area contributed by atoms with E-state index in [4.69, 9.17) is 5.26 Å². The van der Waals surface area contributed by atoms with Crippen LogP contribution in [0.25, 0.3) is 0 Å². The monoisotopic (exact) mass is 146 g/mol. The molecule has 0 atom stereocenters. The number of nitrogens with zero attached hydrogens (tertiary/aromatic N) is 2. The van der Waals surface area contributed by atoms with Crippen molar-refractivity contribution in [3.05, 3.63) is 23.4 Å². The lowest BCUT2D eigenvalue weighted by Crippen LogP contribution is -1.78. The predicted octanol–water partition coefficient (Wildman–Crippen LogP) is 2.20. The van der Waals surface area contributed by atoms with Crippen molar-refractivity contribution in [2.24, 2.45) is 4.99 Å². The van der Waals surface area contributed by atoms with Crippen LogP contribution in [0.1, 0.15) is 19.8 Å². The van der Waals surface area contributed by atoms with E-state index >= 15 is 0 Å². The van der Waals surface area contributed by atoms with Gasteiger partial charge in [-0.05, 0) is 18.4 Å². The fourth-order valence-corrected chi connectivity index (χ4v) is 0.880. The summed E-state index contributed by atoms with van der Waals surface area (Å²) in [5.41, 5.74) is 1.93. The molecule has 2 heteroatoms. The molecule has 0 aliphatic carbocycles. The predicted molar refractivity (Wildman–Crippen MR) is 45.2 cm³/mol. The molecule has 11 heavy (non-hydrogen) atoms. The first-order valence-corrected chi connectivity index (χ1v) is 3.68. The van der Waals surface area contributed by atoms with Gasteiger partial charge in [0.25, 0.3) is 0 Å². The van der Waals surface area contributed by atoms with Gasteiger partial charge >= 0.3 is 0 Å². The van der Waals surface area contributed by atoms with E-state index < -0.39 is 0 Å². The summed E-state index contributed by atoms with van der Waals surface area (Å²) in [7, 11) is 0. The van der Waals surface area contributed by atoms with Gasteiger partial charge in [-0.1, -0.05) is 13.0 Å². The lowest BCUT2D eigenvalue weighted by Gasteiger charge is -1.93. The molecule has 0 saturated heterocycles. The summed E-state index contributed by atoms with van der Waals surface area (Å²) >= 11 is 0. The van der Waals surface area contributed by atoms with Gasteiger partial charge in [0.15, 0.2) is 0 Å². The molecule has 0 fully saturated rings. The Balaban J connectivity index is 2.76. The molecule has 2 nitrogen and oxygen atoms in total. The average molecular weight is 146 g/mol. The molecule has 1 rings (SSSR count). The van der Waals surface area contributed by atoms with E-state index in [1.807, 2.05) is 12.3 Å². The highest BCUT2D eigenvalue weighted by Gasteiger charge is 1.96. The summed E-state index contributed by atoms with van der Waals surface area (Å²) in [6.45, 7) is 2.09. The summed E-state index contributed by atoms with van der Waals surface area (Å²) in [6, 6.07) is 2.07. The van der Waals surface area contributed by atoms with E-state index in [-0.39, 0.29) is 0 Å². The molecule has 1 aliphatic heterocycles. The fraction of sp³-hybridized carbons (Fsp3) is 0.333. The van der Waals surface area contributed by atoms with Crippen molar-refractivity contribution in [1.82, 2.24) is 0 Å². The van der Waals surface area contributed by atoms with Crippen molar-refractivity contribution in [2.75, 3.05) is 0 Å². The van der Waals surface area contributed by atoms with Crippen LogP contribution >= 0.6 is 0 Å². The van der Waals surface area contributed by atoms with Gasteiger partial charge in [-0.2, -0.15) is 5.26 Å². The molecular weight excluding hydrogens is 136 g/mol. The largest absolute Gasteiger partial charge is 0.263 e. The molecule has 1 heterocycles. The van der Waals surface area contributed by atoms with Gasteiger partial charge in [-0.15, -0.1) is 0 Å². The number of hydrogen-bond acceptors (Lipinski definition) is 2. The minimum atomic E-state index is 0.657. The fourth-order valence-electron chi connectivity index (χ4n) is 0.880. The van der Waals surface area contributed by atoms with E-state index in [9.17, 15) is 0 Å². The first-order valence-electron chi connectivity index (χ1n) is 3.68. The Kier molecular flexibility index (Phi) is 2.62. The van der Waals surface area contributed by atoms with E-state index in [2.05, 4.69) is 18.0 Å². The van der Waals surface area contributed by atoms with E-state index in [1.54, 1.807) is 6.21 Å². The highest BCUT2D eigenvalue weighted by atomic mass is 14.7. The Bertz CT molecular complexity index is 264. The van der Waals surface area contributed by atoms with Gasteiger partial charge in [-0.25, -0.2) is 0 Å². The molecule has 0 N–H and O–H groups in total. The SMILES string of the molecule is CCC1=CN=CC(C#N)=CC1. The lowest BCUT2D eigenvalue weighted by atomic mass is 10.1. The molecule has 0 aromatic rings. The maximum Gasteiger partial charge on any atom is 0.100 e. The van der Waals surface area contributed by atoms with Crippen LogP contribution in [0.4, 0.5) is 0 Å². The Morgan fingerprint density at radius 1 is 1.73 bits per heavy atom. The lowest BCUT2D eigenvalue weighted by molar-refractivity contribution is 1.02. The minimum Gasteiger partial charge on any atom is -0.263 e. The van der Waals surface area contributed by atoms with Crippen molar-refractivity contribution in [1.29, 1.82) is 5.26 Å². The molecular formula is C9H10N2. The molecule has 0 unspecified atom stereocenters. The third kappa shape index (κ3) is 2.05. The summed E-state index contributed by atoms with van der Waals surface area (Å²) in [4.78, 5) is 4.00. The van der Waals surface area contributed by atoms with Crippen molar-refractivity contribution < 1.29 is 0 Å². The second kappa shape index (κ2) is 3.72. The van der Waals surface area contributed by atoms with Gasteiger partial charge in [0, 0.05) is 12.4 Å². The zero-order valence-corrected chi connectivity index (χ0v) is 6.54. The third-order valence-corrected chi connectivity index (χ3v) is 1.64. The summed E-state index contributed by atoms with van der Waals surface area (Å²) < 4.78 is 0. The highest BCUT2D eigenvalue weighted by molar-refractivity contribution is 5.84. The first kappa shape index (κ1) is 7.74. The standard InChI is InChI=1S/C9H10N2/c1-2-8-3-4-9(5-10)7-11-6-8/h4,6-7H,2-3H2,1H3. The first-order chi connectivity index (χ1) is 5.36. The molecule has 56 valence electrons. The molecule has 1 aliphatic rings. The van der Waals surface area contributed by atoms with E-state index in [1.165, 1.54) is 5.57 Å². The van der Waals surface area contributed by atoms with Crippen molar-refractivity contribution in [3.8, 4) is 6.07 Å². The van der Waals surface area contributed by atoms with Crippen LogP contribution in [0.15, 0.2) is 28.4 Å². The van der Waals surface area contributed by atoms with Gasteiger partial charge in [0.1, 0.15) is 6.07 Å². The van der Waals surface area contributed by atoms with Crippen molar-refractivity contribution in [3.63, 3.8) is 0 Å². The Morgan fingerprint density at radius 3 is 3.18 bits per heavy atom. The molecule has 0 spiro atoms. The summed E-state index contributed by atoms with van der Waals surface area (Å²) in [6.07, 6.45) is 7.21. The molecule has 0 aromatic heterocycles. The average Bonchev–Trinajstić information content (AvgIpc) is 2.28. The maximum absolute atomic E-state index is 8.54. The number of rotatable bonds is 1. The maximum atomic E-state index is 8.54. The highest BCUT2D eigenvalue weighted by Crippen LogP contribution is 2.11. The van der Waals surface area contributed by atoms with Crippen LogP contribution in [0.2, 0.25) is 0 Å². The van der Waals surface area contributed by atoms with Gasteiger partial charge < -0.3 is 0 Å². The Morgan fingerprint density at radius 2 is 2.55 bits per heavy atom. The number of allylic oxidation sites excluding steroid dienone is 3. The second-order valence-corrected chi connectivity index (χ2v) is 2.39. The number of aliphatic imine (C=N–C) groups is 1. The van der Waals surface area contributed by atoms with Crippen LogP contribution in [0.3, 0.4) is 0 Å². The zero-order valence-electron chi connectivity index (χ0n) is 6.54. The molecule has 0 amide bonds. The van der Waals surface area contributed by atoms with Gasteiger partial charge in [-0.3, -0.25) is 4.99 Å². The molecule has 0 aromatic carbocycles. The number of hydrogen-bond donors (Lipinski definition) is 0. The van der Waals surface area contributed by atoms with Crippen molar-refractivity contribution >= 4 is 6.21 Å². The normalized spacial score (nSPS) is 16.4. The Hall–Kier alpha value is -1.36. The summed E-state index contributed by atoms with van der Waals surface area (Å²) in [5, 5.41) is 8.54. The topological polar surface area (TPSA) is 36.1 Å². The molecule has 0 saturated carbocycles. The van der Waals surface area contributed by atoms with Crippen LogP contribution in [0, 0.1) is 11.3 Å². The molecule has 0 bridgehead atoms. The second-order valence-electron chi connectivity index (χ2n) is 2.39. The van der Waals surface area contributed by atoms with Crippen LogP contribution in [0.5, 0.6) is 0 Å².